The van der Waals surface area contributed by atoms with Crippen molar-refractivity contribution >= 4 is 39.9 Å². The lowest BCUT2D eigenvalue weighted by Gasteiger charge is -2.24. The molecule has 1 N–H and O–H groups in total. The number of hydrogen-bond acceptors (Lipinski definition) is 11. The third kappa shape index (κ3) is 4.42. The first-order chi connectivity index (χ1) is 18.8. The molecule has 0 aliphatic carbocycles. The highest BCUT2D eigenvalue weighted by Gasteiger charge is 2.48. The van der Waals surface area contributed by atoms with Gasteiger partial charge in [-0.25, -0.2) is 9.78 Å². The molecule has 1 fully saturated rings. The zero-order valence-corrected chi connectivity index (χ0v) is 22.3. The number of amides is 1. The van der Waals surface area contributed by atoms with E-state index in [9.17, 15) is 19.5 Å². The molecule has 0 spiro atoms. The third-order valence-electron chi connectivity index (χ3n) is 6.35. The quantitative estimate of drug-likeness (QED) is 0.209. The topological polar surface area (TPSA) is 134 Å². The molecule has 2 aliphatic rings. The number of rotatable bonds is 6. The van der Waals surface area contributed by atoms with Crippen LogP contribution in [0.1, 0.15) is 32.5 Å². The van der Waals surface area contributed by atoms with Crippen molar-refractivity contribution in [3.63, 3.8) is 0 Å². The maximum Gasteiger partial charge on any atom is 0.350 e. The summed E-state index contributed by atoms with van der Waals surface area (Å²) in [7, 11) is 4.18. The molecular formula is C27H24N2O9S. The second-order valence-electron chi connectivity index (χ2n) is 8.54. The van der Waals surface area contributed by atoms with Gasteiger partial charge >= 0.3 is 11.9 Å². The summed E-state index contributed by atoms with van der Waals surface area (Å²) in [6.07, 6.45) is 0. The number of fused-ring (bicyclic) bond motifs is 1. The smallest absolute Gasteiger partial charge is 0.350 e. The number of nitrogens with zero attached hydrogens (tertiary/aromatic N) is 2. The fourth-order valence-corrected chi connectivity index (χ4v) is 5.49. The van der Waals surface area contributed by atoms with E-state index >= 15 is 0 Å². The molecule has 1 saturated heterocycles. The molecule has 2 aliphatic heterocycles. The Morgan fingerprint density at radius 3 is 2.44 bits per heavy atom. The van der Waals surface area contributed by atoms with E-state index in [4.69, 9.17) is 23.7 Å². The van der Waals surface area contributed by atoms with Crippen molar-refractivity contribution in [1.82, 2.24) is 4.98 Å². The minimum atomic E-state index is -1.10. The van der Waals surface area contributed by atoms with Crippen molar-refractivity contribution in [3.8, 4) is 23.0 Å². The second kappa shape index (κ2) is 10.3. The van der Waals surface area contributed by atoms with Gasteiger partial charge in [0.2, 0.25) is 0 Å². The predicted octanol–water partition coefficient (Wildman–Crippen LogP) is 3.65. The number of hydrogen-bond donors (Lipinski definition) is 1. The third-order valence-corrected chi connectivity index (χ3v) is 7.48. The Balaban J connectivity index is 1.71. The largest absolute Gasteiger partial charge is 0.507 e. The number of carbonyl (C=O) groups is 3. The fraction of sp³-hybridized carbons (Fsp3) is 0.259. The number of thiazole rings is 1. The first-order valence-corrected chi connectivity index (χ1v) is 12.6. The number of aliphatic hydroxyl groups is 1. The van der Waals surface area contributed by atoms with E-state index in [2.05, 4.69) is 4.98 Å². The maximum atomic E-state index is 13.5. The Hall–Kier alpha value is -4.58. The van der Waals surface area contributed by atoms with Gasteiger partial charge in [-0.05, 0) is 42.8 Å². The van der Waals surface area contributed by atoms with Crippen molar-refractivity contribution in [3.05, 3.63) is 63.7 Å². The van der Waals surface area contributed by atoms with Crippen LogP contribution in [0.5, 0.6) is 23.0 Å². The first-order valence-electron chi connectivity index (χ1n) is 11.8. The molecule has 2 aromatic carbocycles. The van der Waals surface area contributed by atoms with Crippen molar-refractivity contribution < 1.29 is 43.2 Å². The van der Waals surface area contributed by atoms with Crippen LogP contribution >= 0.6 is 11.3 Å². The maximum absolute atomic E-state index is 13.5. The number of Topliss-reactive ketones (excluding diaryl/α,β-unsaturated/α-hetero) is 1. The molecule has 11 nitrogen and oxygen atoms in total. The molecule has 1 atom stereocenters. The van der Waals surface area contributed by atoms with E-state index in [1.54, 1.807) is 43.3 Å². The van der Waals surface area contributed by atoms with E-state index in [0.717, 1.165) is 16.2 Å². The number of esters is 1. The SMILES string of the molecule is COC(=O)c1sc(N2C(=O)C(=O)/C(=C(/O)c3ccc4c(c3)OCCO4)C2c2ccc(OC)c(OC)c2)nc1C. The summed E-state index contributed by atoms with van der Waals surface area (Å²) in [6, 6.07) is 8.54. The van der Waals surface area contributed by atoms with Gasteiger partial charge in [-0.2, -0.15) is 0 Å². The minimum Gasteiger partial charge on any atom is -0.507 e. The van der Waals surface area contributed by atoms with Crippen molar-refractivity contribution in [2.24, 2.45) is 0 Å². The number of aromatic nitrogens is 1. The molecule has 0 radical (unpaired) electrons. The van der Waals surface area contributed by atoms with Gasteiger partial charge < -0.3 is 28.8 Å². The zero-order valence-electron chi connectivity index (χ0n) is 21.5. The average Bonchev–Trinajstić information content (AvgIpc) is 3.47. The lowest BCUT2D eigenvalue weighted by molar-refractivity contribution is -0.132. The summed E-state index contributed by atoms with van der Waals surface area (Å²) >= 11 is 0.910. The number of benzene rings is 2. The minimum absolute atomic E-state index is 0.0935. The number of methoxy groups -OCH3 is 3. The second-order valence-corrected chi connectivity index (χ2v) is 9.52. The number of ketones is 1. The van der Waals surface area contributed by atoms with Gasteiger partial charge in [-0.15, -0.1) is 0 Å². The molecule has 1 amide bonds. The normalized spacial score (nSPS) is 17.7. The molecule has 3 aromatic rings. The van der Waals surface area contributed by atoms with Crippen molar-refractivity contribution in [1.29, 1.82) is 0 Å². The molecule has 1 unspecified atom stereocenters. The van der Waals surface area contributed by atoms with E-state index in [-0.39, 0.29) is 21.1 Å². The van der Waals surface area contributed by atoms with E-state index in [0.29, 0.717) is 47.5 Å². The molecule has 0 saturated carbocycles. The van der Waals surface area contributed by atoms with Crippen LogP contribution in [-0.2, 0) is 14.3 Å². The highest BCUT2D eigenvalue weighted by molar-refractivity contribution is 7.17. The number of anilines is 1. The molecule has 39 heavy (non-hydrogen) atoms. The van der Waals surface area contributed by atoms with Crippen LogP contribution in [0.4, 0.5) is 5.13 Å². The highest BCUT2D eigenvalue weighted by atomic mass is 32.1. The van der Waals surface area contributed by atoms with Gasteiger partial charge in [0.15, 0.2) is 28.1 Å². The zero-order chi connectivity index (χ0) is 27.8. The molecule has 5 rings (SSSR count). The highest BCUT2D eigenvalue weighted by Crippen LogP contribution is 2.46. The molecule has 12 heteroatoms. The number of aliphatic hydroxyl groups excluding tert-OH is 1. The summed E-state index contributed by atoms with van der Waals surface area (Å²) < 4.78 is 26.8. The van der Waals surface area contributed by atoms with Gasteiger partial charge in [-0.1, -0.05) is 17.4 Å². The van der Waals surface area contributed by atoms with E-state index in [1.807, 2.05) is 0 Å². The van der Waals surface area contributed by atoms with Gasteiger partial charge in [0.05, 0.1) is 38.6 Å². The summed E-state index contributed by atoms with van der Waals surface area (Å²) in [5.41, 5.74) is 0.865. The lowest BCUT2D eigenvalue weighted by Crippen LogP contribution is -2.29. The van der Waals surface area contributed by atoms with E-state index < -0.39 is 29.5 Å². The molecular weight excluding hydrogens is 528 g/mol. The van der Waals surface area contributed by atoms with Gasteiger partial charge in [0, 0.05) is 5.56 Å². The Labute approximate surface area is 227 Å². The van der Waals surface area contributed by atoms with Crippen LogP contribution < -0.4 is 23.8 Å². The van der Waals surface area contributed by atoms with Gasteiger partial charge in [0.25, 0.3) is 5.78 Å². The fourth-order valence-electron chi connectivity index (χ4n) is 4.48. The number of ether oxygens (including phenoxy) is 5. The summed E-state index contributed by atoms with van der Waals surface area (Å²) in [6.45, 7) is 2.33. The predicted molar refractivity (Wildman–Crippen MR) is 140 cm³/mol. The molecule has 1 aromatic heterocycles. The van der Waals surface area contributed by atoms with Crippen molar-refractivity contribution in [2.45, 2.75) is 13.0 Å². The van der Waals surface area contributed by atoms with Gasteiger partial charge in [-0.3, -0.25) is 14.5 Å². The van der Waals surface area contributed by atoms with Crippen LogP contribution in [0, 0.1) is 6.92 Å². The van der Waals surface area contributed by atoms with Crippen molar-refractivity contribution in [2.75, 3.05) is 39.4 Å². The Bertz CT molecular complexity index is 1530. The summed E-state index contributed by atoms with van der Waals surface area (Å²) in [5, 5.41) is 11.5. The van der Waals surface area contributed by atoms with E-state index in [1.165, 1.54) is 21.3 Å². The Morgan fingerprint density at radius 1 is 1.03 bits per heavy atom. The Kier molecular flexibility index (Phi) is 6.87. The lowest BCUT2D eigenvalue weighted by atomic mass is 9.95. The summed E-state index contributed by atoms with van der Waals surface area (Å²) in [5.74, 6) is -1.17. The molecule has 3 heterocycles. The van der Waals surface area contributed by atoms with Crippen LogP contribution in [-0.4, -0.2) is 62.3 Å². The molecule has 0 bridgehead atoms. The summed E-state index contributed by atoms with van der Waals surface area (Å²) in [4.78, 5) is 45.0. The van der Waals surface area contributed by atoms with Crippen LogP contribution in [0.3, 0.4) is 0 Å². The molecule has 202 valence electrons. The van der Waals surface area contributed by atoms with Crippen LogP contribution in [0.2, 0.25) is 0 Å². The average molecular weight is 553 g/mol. The number of carbonyl (C=O) groups excluding carboxylic acids is 3. The number of aryl methyl sites for hydroxylation is 1. The van der Waals surface area contributed by atoms with Crippen LogP contribution in [0.15, 0.2) is 42.0 Å². The standard InChI is InChI=1S/C27H24N2O9S/c1-13-24(26(33)36-4)39-27(28-13)29-21(14-5-7-16(34-2)18(11-14)35-3)20(23(31)25(29)32)22(30)15-6-8-17-19(12-15)38-10-9-37-17/h5-8,11-12,21,30H,9-10H2,1-4H3/b22-20+. The van der Waals surface area contributed by atoms with Gasteiger partial charge in [0.1, 0.15) is 23.9 Å². The monoisotopic (exact) mass is 552 g/mol. The van der Waals surface area contributed by atoms with Crippen LogP contribution in [0.25, 0.3) is 5.76 Å². The first kappa shape index (κ1) is 26.0. The Morgan fingerprint density at radius 2 is 1.74 bits per heavy atom.